The Morgan fingerprint density at radius 2 is 1.18 bits per heavy atom. The lowest BCUT2D eigenvalue weighted by molar-refractivity contribution is 0.349. The largest absolute Gasteiger partial charge is 0.420 e. The van der Waals surface area contributed by atoms with E-state index in [1.807, 2.05) is 7.11 Å². The average molecular weight is 450 g/mol. The maximum Gasteiger partial charge on any atom is 0.419 e. The fraction of sp³-hybridized carbons (Fsp3) is 0.556. The highest BCUT2D eigenvalue weighted by molar-refractivity contribution is 6.66. The Labute approximate surface area is 203 Å². The molecule has 0 N–H and O–H groups in total. The number of hydrogen-bond acceptors (Lipinski definition) is 4. The Kier molecular flexibility index (Phi) is 9.81. The molecule has 0 saturated heterocycles. The molecule has 2 aromatic carbocycles. The Balaban J connectivity index is 2.54. The molecule has 0 aliphatic rings. The lowest BCUT2D eigenvalue weighted by atomic mass is 9.63. The molecule has 6 heteroatoms. The summed E-state index contributed by atoms with van der Waals surface area (Å²) in [5.74, 6) is 0.806. The first-order chi connectivity index (χ1) is 15.4. The molecule has 0 heterocycles. The standard InChI is InChI=1S/C27H44B2N2O2/c1-18(2)24-15-23(16-25(19(3)4)27(24)28(32-11)30(8)9)17-31(10)29(33-12)26-21(6)13-20(5)14-22(26)7/h13-16,18-19H,17H2,1-12H3. The van der Waals surface area contributed by atoms with Crippen LogP contribution in [0.2, 0.25) is 0 Å². The van der Waals surface area contributed by atoms with Gasteiger partial charge in [-0.2, -0.15) is 0 Å². The van der Waals surface area contributed by atoms with Crippen molar-refractivity contribution in [3.05, 3.63) is 57.6 Å². The summed E-state index contributed by atoms with van der Waals surface area (Å²) >= 11 is 0. The molecule has 2 aromatic rings. The van der Waals surface area contributed by atoms with Crippen LogP contribution in [0.3, 0.4) is 0 Å². The summed E-state index contributed by atoms with van der Waals surface area (Å²) in [6, 6.07) is 9.24. The second-order valence-corrected chi connectivity index (χ2v) is 10.4. The predicted molar refractivity (Wildman–Crippen MR) is 145 cm³/mol. The number of nitrogens with zero attached hydrogens (tertiary/aromatic N) is 2. The molecule has 0 radical (unpaired) electrons. The van der Waals surface area contributed by atoms with Crippen LogP contribution in [0.5, 0.6) is 0 Å². The van der Waals surface area contributed by atoms with E-state index in [1.165, 1.54) is 44.3 Å². The van der Waals surface area contributed by atoms with Gasteiger partial charge in [0, 0.05) is 20.8 Å². The summed E-state index contributed by atoms with van der Waals surface area (Å²) in [4.78, 5) is 4.47. The molecule has 0 amide bonds. The van der Waals surface area contributed by atoms with Crippen molar-refractivity contribution in [1.29, 1.82) is 0 Å². The third-order valence-electron chi connectivity index (χ3n) is 6.53. The van der Waals surface area contributed by atoms with Crippen LogP contribution in [0, 0.1) is 20.8 Å². The maximum absolute atomic E-state index is 6.04. The number of benzene rings is 2. The molecule has 33 heavy (non-hydrogen) atoms. The zero-order valence-electron chi connectivity index (χ0n) is 23.0. The first-order valence-electron chi connectivity index (χ1n) is 12.1. The molecule has 4 nitrogen and oxygen atoms in total. The van der Waals surface area contributed by atoms with E-state index in [0.717, 1.165) is 6.54 Å². The highest BCUT2D eigenvalue weighted by atomic mass is 16.4. The molecule has 0 unspecified atom stereocenters. The average Bonchev–Trinajstić information content (AvgIpc) is 2.70. The summed E-state index contributed by atoms with van der Waals surface area (Å²) in [5, 5.41) is 0. The molecule has 0 atom stereocenters. The molecular formula is C27H44B2N2O2. The summed E-state index contributed by atoms with van der Waals surface area (Å²) in [5.41, 5.74) is 10.5. The highest BCUT2D eigenvalue weighted by Gasteiger charge is 2.31. The summed E-state index contributed by atoms with van der Waals surface area (Å²) in [6.45, 7) is 16.4. The van der Waals surface area contributed by atoms with Crippen LogP contribution in [0.25, 0.3) is 0 Å². The van der Waals surface area contributed by atoms with Crippen molar-refractivity contribution >= 4 is 25.0 Å². The van der Waals surface area contributed by atoms with E-state index in [0.29, 0.717) is 11.8 Å². The Morgan fingerprint density at radius 1 is 0.727 bits per heavy atom. The molecular weight excluding hydrogens is 406 g/mol. The van der Waals surface area contributed by atoms with E-state index in [1.54, 1.807) is 7.11 Å². The lowest BCUT2D eigenvalue weighted by Crippen LogP contribution is -2.50. The summed E-state index contributed by atoms with van der Waals surface area (Å²) in [6.07, 6.45) is 0. The van der Waals surface area contributed by atoms with E-state index < -0.39 is 0 Å². The van der Waals surface area contributed by atoms with Crippen molar-refractivity contribution in [2.75, 3.05) is 35.4 Å². The molecule has 2 rings (SSSR count). The normalized spacial score (nSPS) is 11.9. The molecule has 0 saturated carbocycles. The number of hydrogen-bond donors (Lipinski definition) is 0. The minimum absolute atomic E-state index is 0.0591. The topological polar surface area (TPSA) is 24.9 Å². The third-order valence-corrected chi connectivity index (χ3v) is 6.53. The summed E-state index contributed by atoms with van der Waals surface area (Å²) in [7, 11) is 9.78. The van der Waals surface area contributed by atoms with Gasteiger partial charge in [0.2, 0.25) is 0 Å². The quantitative estimate of drug-likeness (QED) is 0.506. The Morgan fingerprint density at radius 3 is 1.55 bits per heavy atom. The van der Waals surface area contributed by atoms with Crippen molar-refractivity contribution in [1.82, 2.24) is 9.62 Å². The van der Waals surface area contributed by atoms with Gasteiger partial charge in [-0.15, -0.1) is 0 Å². The van der Waals surface area contributed by atoms with Gasteiger partial charge in [-0.1, -0.05) is 68.7 Å². The highest BCUT2D eigenvalue weighted by Crippen LogP contribution is 2.24. The van der Waals surface area contributed by atoms with Crippen molar-refractivity contribution in [2.45, 2.75) is 66.8 Å². The van der Waals surface area contributed by atoms with Gasteiger partial charge >= 0.3 is 14.1 Å². The zero-order valence-corrected chi connectivity index (χ0v) is 23.0. The first kappa shape index (κ1) is 27.7. The van der Waals surface area contributed by atoms with Crippen molar-refractivity contribution in [3.8, 4) is 0 Å². The first-order valence-corrected chi connectivity index (χ1v) is 12.1. The molecule has 0 bridgehead atoms. The van der Waals surface area contributed by atoms with Crippen LogP contribution < -0.4 is 10.9 Å². The fourth-order valence-electron chi connectivity index (χ4n) is 5.15. The van der Waals surface area contributed by atoms with Crippen molar-refractivity contribution < 1.29 is 9.31 Å². The predicted octanol–water partition coefficient (Wildman–Crippen LogP) is 4.24. The van der Waals surface area contributed by atoms with Crippen LogP contribution in [-0.4, -0.2) is 59.1 Å². The van der Waals surface area contributed by atoms with E-state index in [9.17, 15) is 0 Å². The van der Waals surface area contributed by atoms with Gasteiger partial charge in [0.05, 0.1) is 0 Å². The van der Waals surface area contributed by atoms with Gasteiger partial charge in [-0.25, -0.2) is 0 Å². The SMILES string of the molecule is COB(c1c(C(C)C)cc(CN(C)B(OC)c2c(C)cc(C)cc2C)cc1C(C)C)N(C)C. The molecule has 0 spiro atoms. The minimum atomic E-state index is -0.0937. The van der Waals surface area contributed by atoms with Gasteiger partial charge in [-0.05, 0) is 81.4 Å². The summed E-state index contributed by atoms with van der Waals surface area (Å²) < 4.78 is 12.0. The molecule has 0 aliphatic heterocycles. The fourth-order valence-corrected chi connectivity index (χ4v) is 5.15. The van der Waals surface area contributed by atoms with Crippen LogP contribution in [0.1, 0.15) is 72.9 Å². The Hall–Kier alpha value is -1.59. The maximum atomic E-state index is 6.04. The van der Waals surface area contributed by atoms with Gasteiger partial charge in [0.15, 0.2) is 0 Å². The Bertz CT molecular complexity index is 892. The van der Waals surface area contributed by atoms with Gasteiger partial charge in [-0.3, -0.25) is 0 Å². The van der Waals surface area contributed by atoms with E-state index in [2.05, 4.69) is 103 Å². The number of rotatable bonds is 10. The second-order valence-electron chi connectivity index (χ2n) is 10.4. The van der Waals surface area contributed by atoms with Gasteiger partial charge < -0.3 is 18.9 Å². The van der Waals surface area contributed by atoms with Crippen LogP contribution in [0.4, 0.5) is 0 Å². The van der Waals surface area contributed by atoms with Crippen LogP contribution >= 0.6 is 0 Å². The minimum Gasteiger partial charge on any atom is -0.420 e. The van der Waals surface area contributed by atoms with E-state index >= 15 is 0 Å². The number of aryl methyl sites for hydroxylation is 3. The molecule has 0 aromatic heterocycles. The van der Waals surface area contributed by atoms with E-state index in [4.69, 9.17) is 9.31 Å². The molecule has 180 valence electrons. The second kappa shape index (κ2) is 11.7. The third kappa shape index (κ3) is 6.30. The van der Waals surface area contributed by atoms with E-state index in [-0.39, 0.29) is 14.1 Å². The smallest absolute Gasteiger partial charge is 0.419 e. The van der Waals surface area contributed by atoms with Crippen molar-refractivity contribution in [3.63, 3.8) is 0 Å². The molecule has 0 aliphatic carbocycles. The van der Waals surface area contributed by atoms with Gasteiger partial charge in [0.1, 0.15) is 0 Å². The van der Waals surface area contributed by atoms with Crippen molar-refractivity contribution in [2.24, 2.45) is 0 Å². The zero-order chi connectivity index (χ0) is 25.0. The molecule has 0 fully saturated rings. The van der Waals surface area contributed by atoms with Crippen LogP contribution in [-0.2, 0) is 15.9 Å². The lowest BCUT2D eigenvalue weighted by Gasteiger charge is -2.30. The van der Waals surface area contributed by atoms with Crippen LogP contribution in [0.15, 0.2) is 24.3 Å². The monoisotopic (exact) mass is 450 g/mol. The van der Waals surface area contributed by atoms with Gasteiger partial charge in [0.25, 0.3) is 0 Å².